The monoisotopic (exact) mass is 331 g/mol. The molecule has 102 valence electrons. The molecule has 3 rings (SSSR count). The number of anilines is 2. The molecule has 0 aliphatic carbocycles. The number of fused-ring (bicyclic) bond motifs is 1. The molecule has 2 N–H and O–H groups in total. The largest absolute Gasteiger partial charge is 0.399 e. The van der Waals surface area contributed by atoms with Crippen LogP contribution in [0.3, 0.4) is 0 Å². The lowest BCUT2D eigenvalue weighted by Gasteiger charge is -2.29. The van der Waals surface area contributed by atoms with Crippen LogP contribution in [0.1, 0.15) is 22.3 Å². The Labute approximate surface area is 125 Å². The van der Waals surface area contributed by atoms with E-state index in [9.17, 15) is 4.79 Å². The molecule has 1 amide bonds. The molecule has 1 aliphatic heterocycles. The summed E-state index contributed by atoms with van der Waals surface area (Å²) in [6.07, 6.45) is 5.17. The highest BCUT2D eigenvalue weighted by molar-refractivity contribution is 9.10. The first-order valence-electron chi connectivity index (χ1n) is 6.46. The standard InChI is InChI=1S/C15H14BrN3O/c16-12-6-11(8-18-9-12)15(20)19-5-1-2-10-7-13(17)3-4-14(10)19/h3-4,6-9H,1-2,5,17H2. The van der Waals surface area contributed by atoms with Crippen molar-refractivity contribution in [3.05, 3.63) is 52.3 Å². The van der Waals surface area contributed by atoms with Crippen molar-refractivity contribution in [2.24, 2.45) is 0 Å². The zero-order chi connectivity index (χ0) is 14.1. The van der Waals surface area contributed by atoms with Gasteiger partial charge in [-0.15, -0.1) is 0 Å². The van der Waals surface area contributed by atoms with Crippen LogP contribution >= 0.6 is 15.9 Å². The van der Waals surface area contributed by atoms with Crippen molar-refractivity contribution < 1.29 is 4.79 Å². The molecule has 0 unspecified atom stereocenters. The van der Waals surface area contributed by atoms with Crippen LogP contribution in [0.15, 0.2) is 41.1 Å². The molecule has 0 bridgehead atoms. The average Bonchev–Trinajstić information content (AvgIpc) is 2.45. The third-order valence-electron chi connectivity index (χ3n) is 3.42. The number of halogens is 1. The molecule has 1 aromatic carbocycles. The summed E-state index contributed by atoms with van der Waals surface area (Å²) >= 11 is 3.35. The summed E-state index contributed by atoms with van der Waals surface area (Å²) in [5, 5.41) is 0. The van der Waals surface area contributed by atoms with Crippen molar-refractivity contribution in [3.8, 4) is 0 Å². The number of pyridine rings is 1. The number of hydrogen-bond acceptors (Lipinski definition) is 3. The van der Waals surface area contributed by atoms with Gasteiger partial charge in [0.1, 0.15) is 0 Å². The van der Waals surface area contributed by atoms with Crippen molar-refractivity contribution in [3.63, 3.8) is 0 Å². The summed E-state index contributed by atoms with van der Waals surface area (Å²) in [5.41, 5.74) is 9.23. The fourth-order valence-corrected chi connectivity index (χ4v) is 2.88. The molecule has 0 saturated heterocycles. The maximum absolute atomic E-state index is 12.6. The number of aryl methyl sites for hydroxylation is 1. The first kappa shape index (κ1) is 13.1. The van der Waals surface area contributed by atoms with Crippen molar-refractivity contribution in [2.45, 2.75) is 12.8 Å². The van der Waals surface area contributed by atoms with Gasteiger partial charge in [-0.1, -0.05) is 0 Å². The highest BCUT2D eigenvalue weighted by Crippen LogP contribution is 2.30. The second-order valence-electron chi connectivity index (χ2n) is 4.84. The number of aromatic nitrogens is 1. The van der Waals surface area contributed by atoms with Gasteiger partial charge in [0.15, 0.2) is 0 Å². The van der Waals surface area contributed by atoms with Crippen molar-refractivity contribution >= 4 is 33.2 Å². The van der Waals surface area contributed by atoms with E-state index in [1.165, 1.54) is 0 Å². The Hall–Kier alpha value is -1.88. The first-order valence-corrected chi connectivity index (χ1v) is 7.25. The van der Waals surface area contributed by atoms with Crippen molar-refractivity contribution in [1.29, 1.82) is 0 Å². The Morgan fingerprint density at radius 3 is 2.95 bits per heavy atom. The Morgan fingerprint density at radius 1 is 1.30 bits per heavy atom. The van der Waals surface area contributed by atoms with E-state index < -0.39 is 0 Å². The highest BCUT2D eigenvalue weighted by atomic mass is 79.9. The minimum atomic E-state index is -0.0236. The number of nitrogens with two attached hydrogens (primary N) is 1. The Kier molecular flexibility index (Phi) is 3.44. The summed E-state index contributed by atoms with van der Waals surface area (Å²) in [6, 6.07) is 7.51. The van der Waals surface area contributed by atoms with Crippen LogP contribution in [-0.2, 0) is 6.42 Å². The van der Waals surface area contributed by atoms with Crippen LogP contribution in [0.25, 0.3) is 0 Å². The second-order valence-corrected chi connectivity index (χ2v) is 5.76. The smallest absolute Gasteiger partial charge is 0.259 e. The maximum atomic E-state index is 12.6. The van der Waals surface area contributed by atoms with Crippen molar-refractivity contribution in [1.82, 2.24) is 4.98 Å². The zero-order valence-electron chi connectivity index (χ0n) is 10.8. The van der Waals surface area contributed by atoms with Gasteiger partial charge in [-0.25, -0.2) is 0 Å². The summed E-state index contributed by atoms with van der Waals surface area (Å²) in [6.45, 7) is 0.724. The van der Waals surface area contributed by atoms with E-state index in [1.54, 1.807) is 18.5 Å². The van der Waals surface area contributed by atoms with Gasteiger partial charge in [0.2, 0.25) is 0 Å². The average molecular weight is 332 g/mol. The molecule has 2 aromatic rings. The van der Waals surface area contributed by atoms with Gasteiger partial charge >= 0.3 is 0 Å². The van der Waals surface area contributed by atoms with Gasteiger partial charge in [0.25, 0.3) is 5.91 Å². The van der Waals surface area contributed by atoms with E-state index in [0.29, 0.717) is 5.56 Å². The Balaban J connectivity index is 1.98. The molecule has 0 fully saturated rings. The zero-order valence-corrected chi connectivity index (χ0v) is 12.4. The van der Waals surface area contributed by atoms with Crippen LogP contribution in [0.4, 0.5) is 11.4 Å². The number of benzene rings is 1. The molecule has 2 heterocycles. The van der Waals surface area contributed by atoms with Gasteiger partial charge in [0, 0.05) is 34.8 Å². The van der Waals surface area contributed by atoms with Crippen LogP contribution in [0, 0.1) is 0 Å². The number of carbonyl (C=O) groups is 1. The molecular formula is C15H14BrN3O. The van der Waals surface area contributed by atoms with Crippen molar-refractivity contribution in [2.75, 3.05) is 17.2 Å². The van der Waals surface area contributed by atoms with Gasteiger partial charge in [-0.3, -0.25) is 9.78 Å². The van der Waals surface area contributed by atoms with E-state index in [4.69, 9.17) is 5.73 Å². The normalized spacial score (nSPS) is 13.9. The van der Waals surface area contributed by atoms with Crippen LogP contribution < -0.4 is 10.6 Å². The molecule has 1 aromatic heterocycles. The molecule has 20 heavy (non-hydrogen) atoms. The summed E-state index contributed by atoms with van der Waals surface area (Å²) < 4.78 is 0.804. The van der Waals surface area contributed by atoms with Gasteiger partial charge < -0.3 is 10.6 Å². The van der Waals surface area contributed by atoms with Crippen LogP contribution in [0.5, 0.6) is 0 Å². The number of nitrogens with zero attached hydrogens (tertiary/aromatic N) is 2. The fourth-order valence-electron chi connectivity index (χ4n) is 2.51. The molecule has 0 saturated carbocycles. The number of amides is 1. The van der Waals surface area contributed by atoms with Crippen LogP contribution in [-0.4, -0.2) is 17.4 Å². The van der Waals surface area contributed by atoms with E-state index in [2.05, 4.69) is 20.9 Å². The predicted octanol–water partition coefficient (Wildman–Crippen LogP) is 3.02. The third kappa shape index (κ3) is 2.41. The number of carbonyl (C=O) groups excluding carboxylic acids is 1. The molecular weight excluding hydrogens is 318 g/mol. The van der Waals surface area contributed by atoms with E-state index in [0.717, 1.165) is 40.8 Å². The SMILES string of the molecule is Nc1ccc2c(c1)CCCN2C(=O)c1cncc(Br)c1. The van der Waals surface area contributed by atoms with Gasteiger partial charge in [-0.2, -0.15) is 0 Å². The minimum Gasteiger partial charge on any atom is -0.399 e. The minimum absolute atomic E-state index is 0.0236. The highest BCUT2D eigenvalue weighted by Gasteiger charge is 2.23. The van der Waals surface area contributed by atoms with Gasteiger partial charge in [-0.05, 0) is 58.6 Å². The Morgan fingerprint density at radius 2 is 2.15 bits per heavy atom. The molecule has 5 heteroatoms. The lowest BCUT2D eigenvalue weighted by Crippen LogP contribution is -2.35. The Bertz CT molecular complexity index is 672. The molecule has 0 atom stereocenters. The molecule has 0 radical (unpaired) electrons. The van der Waals surface area contributed by atoms with Crippen LogP contribution in [0.2, 0.25) is 0 Å². The predicted molar refractivity (Wildman–Crippen MR) is 82.8 cm³/mol. The number of hydrogen-bond donors (Lipinski definition) is 1. The van der Waals surface area contributed by atoms with E-state index >= 15 is 0 Å². The maximum Gasteiger partial charge on any atom is 0.259 e. The molecule has 4 nitrogen and oxygen atoms in total. The van der Waals surface area contributed by atoms with E-state index in [-0.39, 0.29) is 5.91 Å². The summed E-state index contributed by atoms with van der Waals surface area (Å²) in [7, 11) is 0. The summed E-state index contributed by atoms with van der Waals surface area (Å²) in [4.78, 5) is 18.5. The second kappa shape index (κ2) is 5.25. The molecule has 1 aliphatic rings. The third-order valence-corrected chi connectivity index (χ3v) is 3.85. The van der Waals surface area contributed by atoms with E-state index in [1.807, 2.05) is 23.1 Å². The lowest BCUT2D eigenvalue weighted by atomic mass is 10.0. The first-order chi connectivity index (χ1) is 9.65. The number of rotatable bonds is 1. The molecule has 0 spiro atoms. The lowest BCUT2D eigenvalue weighted by molar-refractivity contribution is 0.0984. The van der Waals surface area contributed by atoms with Gasteiger partial charge in [0.05, 0.1) is 5.56 Å². The quantitative estimate of drug-likeness (QED) is 0.817. The fraction of sp³-hybridized carbons (Fsp3) is 0.200. The number of nitrogen functional groups attached to an aromatic ring is 1. The topological polar surface area (TPSA) is 59.2 Å². The summed E-state index contributed by atoms with van der Waals surface area (Å²) in [5.74, 6) is -0.0236.